The molecule has 0 unspecified atom stereocenters. The van der Waals surface area contributed by atoms with Crippen LogP contribution in [0.15, 0.2) is 48.5 Å². The van der Waals surface area contributed by atoms with Crippen LogP contribution in [0.2, 0.25) is 0 Å². The van der Waals surface area contributed by atoms with Crippen molar-refractivity contribution >= 4 is 10.9 Å². The molecule has 3 rings (SSSR count). The zero-order valence-electron chi connectivity index (χ0n) is 9.50. The zero-order valence-corrected chi connectivity index (χ0v) is 9.50. The molecule has 0 bridgehead atoms. The molecule has 0 atom stereocenters. The Balaban J connectivity index is 2.29. The van der Waals surface area contributed by atoms with Gasteiger partial charge < -0.3 is 4.98 Å². The normalized spacial score (nSPS) is 10.9. The van der Waals surface area contributed by atoms with E-state index in [0.717, 1.165) is 22.3 Å². The summed E-state index contributed by atoms with van der Waals surface area (Å²) in [6.45, 7) is 2.04. The monoisotopic (exact) mass is 225 g/mol. The summed E-state index contributed by atoms with van der Waals surface area (Å²) in [7, 11) is 0. The van der Waals surface area contributed by atoms with Gasteiger partial charge in [-0.2, -0.15) is 0 Å². The predicted octanol–water partition coefficient (Wildman–Crippen LogP) is 4.28. The van der Waals surface area contributed by atoms with Crippen molar-refractivity contribution in [3.05, 3.63) is 60.0 Å². The maximum Gasteiger partial charge on any atom is 0.123 e. The number of hydrogen-bond acceptors (Lipinski definition) is 0. The zero-order chi connectivity index (χ0) is 11.8. The summed E-state index contributed by atoms with van der Waals surface area (Å²) in [6.07, 6.45) is 0. The van der Waals surface area contributed by atoms with Crippen molar-refractivity contribution in [2.45, 2.75) is 6.92 Å². The molecule has 1 N–H and O–H groups in total. The lowest BCUT2D eigenvalue weighted by Gasteiger charge is -2.01. The van der Waals surface area contributed by atoms with Crippen LogP contribution < -0.4 is 0 Å². The number of benzene rings is 2. The summed E-state index contributed by atoms with van der Waals surface area (Å²) in [5, 5.41) is 1.18. The Morgan fingerprint density at radius 2 is 1.65 bits per heavy atom. The third kappa shape index (κ3) is 1.62. The molecule has 1 nitrogen and oxygen atoms in total. The van der Waals surface area contributed by atoms with Crippen molar-refractivity contribution in [3.63, 3.8) is 0 Å². The minimum atomic E-state index is -0.203. The van der Waals surface area contributed by atoms with Crippen LogP contribution in [0.4, 0.5) is 4.39 Å². The van der Waals surface area contributed by atoms with Crippen molar-refractivity contribution in [2.75, 3.05) is 0 Å². The summed E-state index contributed by atoms with van der Waals surface area (Å²) in [5.74, 6) is -0.203. The topological polar surface area (TPSA) is 15.8 Å². The molecule has 2 aromatic carbocycles. The minimum Gasteiger partial charge on any atom is -0.358 e. The van der Waals surface area contributed by atoms with Crippen molar-refractivity contribution in [2.24, 2.45) is 0 Å². The molecule has 0 aliphatic heterocycles. The maximum atomic E-state index is 12.9. The Kier molecular flexibility index (Phi) is 2.22. The van der Waals surface area contributed by atoms with Gasteiger partial charge in [0.2, 0.25) is 0 Å². The largest absolute Gasteiger partial charge is 0.358 e. The van der Waals surface area contributed by atoms with Crippen molar-refractivity contribution in [1.29, 1.82) is 0 Å². The van der Waals surface area contributed by atoms with Gasteiger partial charge in [0.25, 0.3) is 0 Å². The Hall–Kier alpha value is -2.09. The molecule has 1 aromatic heterocycles. The van der Waals surface area contributed by atoms with Gasteiger partial charge in [-0.05, 0) is 30.7 Å². The Labute approximate surface area is 98.9 Å². The average molecular weight is 225 g/mol. The van der Waals surface area contributed by atoms with Crippen LogP contribution in [-0.2, 0) is 0 Å². The van der Waals surface area contributed by atoms with E-state index >= 15 is 0 Å². The number of aromatic amines is 1. The van der Waals surface area contributed by atoms with E-state index in [2.05, 4.69) is 17.1 Å². The summed E-state index contributed by atoms with van der Waals surface area (Å²) in [6, 6.07) is 14.8. The smallest absolute Gasteiger partial charge is 0.123 e. The standard InChI is InChI=1S/C15H12FN/c1-10-15(11-6-8-12(16)9-7-11)13-4-2-3-5-14(13)17-10/h2-9,17H,1H3. The van der Waals surface area contributed by atoms with E-state index in [4.69, 9.17) is 0 Å². The number of aryl methyl sites for hydroxylation is 1. The number of aromatic nitrogens is 1. The van der Waals surface area contributed by atoms with Gasteiger partial charge in [-0.3, -0.25) is 0 Å². The second-order valence-corrected chi connectivity index (χ2v) is 4.18. The Bertz CT molecular complexity index is 665. The molecule has 3 aromatic rings. The summed E-state index contributed by atoms with van der Waals surface area (Å²) in [4.78, 5) is 3.35. The molecular formula is C15H12FN. The Morgan fingerprint density at radius 1 is 0.941 bits per heavy atom. The molecule has 1 heterocycles. The van der Waals surface area contributed by atoms with Gasteiger partial charge in [-0.15, -0.1) is 0 Å². The van der Waals surface area contributed by atoms with Gasteiger partial charge in [-0.1, -0.05) is 30.3 Å². The molecule has 0 aliphatic rings. The van der Waals surface area contributed by atoms with Gasteiger partial charge in [0, 0.05) is 22.2 Å². The predicted molar refractivity (Wildman–Crippen MR) is 68.4 cm³/mol. The SMILES string of the molecule is Cc1[nH]c2ccccc2c1-c1ccc(F)cc1. The molecule has 0 amide bonds. The third-order valence-corrected chi connectivity index (χ3v) is 3.03. The van der Waals surface area contributed by atoms with E-state index in [9.17, 15) is 4.39 Å². The molecule has 0 aliphatic carbocycles. The number of nitrogens with one attached hydrogen (secondary N) is 1. The first kappa shape index (κ1) is 10.1. The Morgan fingerprint density at radius 3 is 2.41 bits per heavy atom. The first-order chi connectivity index (χ1) is 8.25. The van der Waals surface area contributed by atoms with E-state index in [1.165, 1.54) is 17.5 Å². The molecular weight excluding hydrogens is 213 g/mol. The second kappa shape index (κ2) is 3.74. The minimum absolute atomic E-state index is 0.203. The van der Waals surface area contributed by atoms with Gasteiger partial charge >= 0.3 is 0 Å². The highest BCUT2D eigenvalue weighted by molar-refractivity contribution is 5.97. The van der Waals surface area contributed by atoms with Gasteiger partial charge in [0.1, 0.15) is 5.82 Å². The molecule has 17 heavy (non-hydrogen) atoms. The van der Waals surface area contributed by atoms with E-state index in [1.54, 1.807) is 0 Å². The van der Waals surface area contributed by atoms with E-state index in [-0.39, 0.29) is 5.82 Å². The molecule has 2 heteroatoms. The first-order valence-corrected chi connectivity index (χ1v) is 5.59. The van der Waals surface area contributed by atoms with E-state index < -0.39 is 0 Å². The summed E-state index contributed by atoms with van der Waals surface area (Å²) < 4.78 is 12.9. The van der Waals surface area contributed by atoms with Crippen LogP contribution in [0.25, 0.3) is 22.0 Å². The fourth-order valence-electron chi connectivity index (χ4n) is 2.27. The number of hydrogen-bond donors (Lipinski definition) is 1. The summed E-state index contributed by atoms with van der Waals surface area (Å²) >= 11 is 0. The molecule has 0 saturated heterocycles. The van der Waals surface area contributed by atoms with Crippen molar-refractivity contribution in [1.82, 2.24) is 4.98 Å². The number of fused-ring (bicyclic) bond motifs is 1. The lowest BCUT2D eigenvalue weighted by atomic mass is 10.0. The fourth-order valence-corrected chi connectivity index (χ4v) is 2.27. The highest BCUT2D eigenvalue weighted by atomic mass is 19.1. The average Bonchev–Trinajstić information content (AvgIpc) is 2.66. The van der Waals surface area contributed by atoms with Crippen molar-refractivity contribution < 1.29 is 4.39 Å². The lowest BCUT2D eigenvalue weighted by molar-refractivity contribution is 0.628. The number of H-pyrrole nitrogens is 1. The second-order valence-electron chi connectivity index (χ2n) is 4.18. The lowest BCUT2D eigenvalue weighted by Crippen LogP contribution is -1.80. The quantitative estimate of drug-likeness (QED) is 0.636. The van der Waals surface area contributed by atoms with E-state index in [1.807, 2.05) is 31.2 Å². The van der Waals surface area contributed by atoms with Gasteiger partial charge in [-0.25, -0.2) is 4.39 Å². The number of halogens is 1. The van der Waals surface area contributed by atoms with Crippen molar-refractivity contribution in [3.8, 4) is 11.1 Å². The molecule has 0 radical (unpaired) electrons. The summed E-state index contributed by atoms with van der Waals surface area (Å²) in [5.41, 5.74) is 4.42. The molecule has 84 valence electrons. The van der Waals surface area contributed by atoms with Crippen LogP contribution >= 0.6 is 0 Å². The highest BCUT2D eigenvalue weighted by Crippen LogP contribution is 2.31. The maximum absolute atomic E-state index is 12.9. The van der Waals surface area contributed by atoms with E-state index in [0.29, 0.717) is 0 Å². The van der Waals surface area contributed by atoms with Crippen LogP contribution in [0.5, 0.6) is 0 Å². The molecule has 0 spiro atoms. The third-order valence-electron chi connectivity index (χ3n) is 3.03. The van der Waals surface area contributed by atoms with Crippen LogP contribution in [0.1, 0.15) is 5.69 Å². The number of para-hydroxylation sites is 1. The molecule has 0 fully saturated rings. The molecule has 0 saturated carbocycles. The van der Waals surface area contributed by atoms with Crippen LogP contribution in [0, 0.1) is 12.7 Å². The van der Waals surface area contributed by atoms with Crippen LogP contribution in [-0.4, -0.2) is 4.98 Å². The number of rotatable bonds is 1. The highest BCUT2D eigenvalue weighted by Gasteiger charge is 2.09. The van der Waals surface area contributed by atoms with Gasteiger partial charge in [0.05, 0.1) is 0 Å². The van der Waals surface area contributed by atoms with Crippen LogP contribution in [0.3, 0.4) is 0 Å². The fraction of sp³-hybridized carbons (Fsp3) is 0.0667. The first-order valence-electron chi connectivity index (χ1n) is 5.59. The van der Waals surface area contributed by atoms with Gasteiger partial charge in [0.15, 0.2) is 0 Å².